The Morgan fingerprint density at radius 2 is 1.88 bits per heavy atom. The molecule has 0 spiro atoms. The van der Waals surface area contributed by atoms with Crippen molar-refractivity contribution in [3.8, 4) is 0 Å². The van der Waals surface area contributed by atoms with Crippen LogP contribution in [-0.4, -0.2) is 41.8 Å². The monoisotopic (exact) mass is 476 g/mol. The van der Waals surface area contributed by atoms with Crippen LogP contribution in [0.15, 0.2) is 52.2 Å². The lowest BCUT2D eigenvalue weighted by atomic mass is 10.2. The third-order valence-corrected chi connectivity index (χ3v) is 6.55. The Morgan fingerprint density at radius 3 is 2.50 bits per heavy atom. The zero-order valence-electron chi connectivity index (χ0n) is 18.1. The van der Waals surface area contributed by atoms with Crippen molar-refractivity contribution < 1.29 is 13.2 Å². The molecule has 1 heterocycles. The van der Waals surface area contributed by atoms with E-state index < -0.39 is 10.0 Å². The first kappa shape index (κ1) is 23.9. The molecule has 3 rings (SSSR count). The van der Waals surface area contributed by atoms with Gasteiger partial charge in [0.05, 0.1) is 22.3 Å². The second kappa shape index (κ2) is 9.81. The molecule has 32 heavy (non-hydrogen) atoms. The van der Waals surface area contributed by atoms with Crippen LogP contribution in [0.5, 0.6) is 0 Å². The van der Waals surface area contributed by atoms with Crippen LogP contribution in [0.1, 0.15) is 43.4 Å². The Hall–Kier alpha value is -2.75. The number of sulfonamides is 1. The number of nitrogens with one attached hydrogen (secondary N) is 2. The molecule has 0 bridgehead atoms. The number of carbonyl (C=O) groups is 1. The van der Waals surface area contributed by atoms with E-state index >= 15 is 0 Å². The summed E-state index contributed by atoms with van der Waals surface area (Å²) in [6.45, 7) is 5.93. The van der Waals surface area contributed by atoms with Gasteiger partial charge < -0.3 is 9.88 Å². The normalized spacial score (nSPS) is 11.8. The summed E-state index contributed by atoms with van der Waals surface area (Å²) in [5.74, 6) is 0.0494. The molecule has 0 radical (unpaired) electrons. The van der Waals surface area contributed by atoms with Gasteiger partial charge in [0.25, 0.3) is 11.5 Å². The zero-order chi connectivity index (χ0) is 23.5. The molecule has 0 saturated carbocycles. The Labute approximate surface area is 191 Å². The molecular formula is C22H25ClN4O4S. The van der Waals surface area contributed by atoms with Crippen LogP contribution >= 0.6 is 11.6 Å². The molecule has 0 atom stereocenters. The molecule has 3 aromatic rings. The average molecular weight is 477 g/mol. The van der Waals surface area contributed by atoms with Crippen LogP contribution in [0.25, 0.3) is 10.9 Å². The highest BCUT2D eigenvalue weighted by Gasteiger charge is 2.20. The summed E-state index contributed by atoms with van der Waals surface area (Å²) >= 11 is 6.02. The molecule has 1 amide bonds. The third kappa shape index (κ3) is 5.53. The van der Waals surface area contributed by atoms with Crippen molar-refractivity contribution in [1.29, 1.82) is 0 Å². The number of rotatable bonds is 8. The van der Waals surface area contributed by atoms with Gasteiger partial charge >= 0.3 is 0 Å². The Morgan fingerprint density at radius 1 is 1.19 bits per heavy atom. The van der Waals surface area contributed by atoms with E-state index in [1.54, 1.807) is 36.9 Å². The molecular weight excluding hydrogens is 452 g/mol. The summed E-state index contributed by atoms with van der Waals surface area (Å²) in [4.78, 5) is 34.3. The van der Waals surface area contributed by atoms with Crippen molar-refractivity contribution in [3.05, 3.63) is 69.2 Å². The molecule has 170 valence electrons. The first-order chi connectivity index (χ1) is 15.1. The molecule has 1 aromatic heterocycles. The van der Waals surface area contributed by atoms with E-state index in [9.17, 15) is 18.0 Å². The topological polar surface area (TPSA) is 112 Å². The summed E-state index contributed by atoms with van der Waals surface area (Å²) in [5, 5.41) is 0.878. The number of aromatic nitrogens is 2. The van der Waals surface area contributed by atoms with Crippen molar-refractivity contribution >= 4 is 38.4 Å². The van der Waals surface area contributed by atoms with Gasteiger partial charge in [-0.2, -0.15) is 0 Å². The second-order valence-corrected chi connectivity index (χ2v) is 9.85. The molecule has 8 nitrogen and oxygen atoms in total. The minimum absolute atomic E-state index is 0.0854. The van der Waals surface area contributed by atoms with Crippen molar-refractivity contribution in [2.75, 3.05) is 6.54 Å². The smallest absolute Gasteiger partial charge is 0.258 e. The first-order valence-corrected chi connectivity index (χ1v) is 12.1. The number of hydrogen-bond donors (Lipinski definition) is 2. The molecule has 0 aliphatic rings. The second-order valence-electron chi connectivity index (χ2n) is 7.70. The van der Waals surface area contributed by atoms with E-state index in [4.69, 9.17) is 11.6 Å². The summed E-state index contributed by atoms with van der Waals surface area (Å²) < 4.78 is 27.1. The van der Waals surface area contributed by atoms with Gasteiger partial charge in [-0.15, -0.1) is 0 Å². The fourth-order valence-corrected chi connectivity index (χ4v) is 4.69. The average Bonchev–Trinajstić information content (AvgIpc) is 2.72. The number of halogens is 1. The molecule has 0 unspecified atom stereocenters. The van der Waals surface area contributed by atoms with Gasteiger partial charge in [0.15, 0.2) is 0 Å². The highest BCUT2D eigenvalue weighted by atomic mass is 35.5. The van der Waals surface area contributed by atoms with E-state index in [-0.39, 0.29) is 28.9 Å². The number of nitrogens with zero attached hydrogens (tertiary/aromatic N) is 2. The molecule has 2 aromatic carbocycles. The number of carbonyl (C=O) groups excluding carboxylic acids is 1. The molecule has 0 fully saturated rings. The van der Waals surface area contributed by atoms with E-state index in [2.05, 4.69) is 14.7 Å². The quantitative estimate of drug-likeness (QED) is 0.518. The van der Waals surface area contributed by atoms with E-state index in [0.29, 0.717) is 40.3 Å². The van der Waals surface area contributed by atoms with E-state index in [1.807, 2.05) is 6.92 Å². The van der Waals surface area contributed by atoms with Gasteiger partial charge in [0.1, 0.15) is 5.82 Å². The number of hydrogen-bond acceptors (Lipinski definition) is 5. The Balaban J connectivity index is 1.86. The predicted molar refractivity (Wildman–Crippen MR) is 124 cm³/mol. The van der Waals surface area contributed by atoms with E-state index in [0.717, 1.165) is 0 Å². The number of aromatic amines is 1. The van der Waals surface area contributed by atoms with Crippen LogP contribution in [0.4, 0.5) is 0 Å². The Kier molecular flexibility index (Phi) is 7.33. The minimum atomic E-state index is -3.65. The maximum atomic E-state index is 13.1. The fraction of sp³-hybridized carbons (Fsp3) is 0.318. The molecule has 10 heteroatoms. The highest BCUT2D eigenvalue weighted by Crippen LogP contribution is 2.17. The summed E-state index contributed by atoms with van der Waals surface area (Å²) in [7, 11) is -3.65. The lowest BCUT2D eigenvalue weighted by molar-refractivity contribution is 0.0738. The van der Waals surface area contributed by atoms with Crippen molar-refractivity contribution in [2.45, 2.75) is 44.7 Å². The fourth-order valence-electron chi connectivity index (χ4n) is 3.28. The largest absolute Gasteiger partial charge is 0.331 e. The van der Waals surface area contributed by atoms with Gasteiger partial charge in [-0.25, -0.2) is 18.1 Å². The Bertz CT molecular complexity index is 1290. The maximum absolute atomic E-state index is 13.1. The maximum Gasteiger partial charge on any atom is 0.258 e. The molecule has 0 aliphatic heterocycles. The number of H-pyrrole nitrogens is 1. The van der Waals surface area contributed by atoms with Gasteiger partial charge in [0, 0.05) is 23.2 Å². The van der Waals surface area contributed by atoms with Crippen molar-refractivity contribution in [2.24, 2.45) is 0 Å². The number of amides is 1. The zero-order valence-corrected chi connectivity index (χ0v) is 19.6. The van der Waals surface area contributed by atoms with Gasteiger partial charge in [0.2, 0.25) is 10.0 Å². The first-order valence-electron chi connectivity index (χ1n) is 10.2. The van der Waals surface area contributed by atoms with Crippen LogP contribution in [0, 0.1) is 0 Å². The van der Waals surface area contributed by atoms with Crippen molar-refractivity contribution in [1.82, 2.24) is 19.6 Å². The summed E-state index contributed by atoms with van der Waals surface area (Å²) in [6.07, 6.45) is 0.695. The third-order valence-electron chi connectivity index (χ3n) is 4.64. The van der Waals surface area contributed by atoms with Gasteiger partial charge in [-0.05, 0) is 62.7 Å². The summed E-state index contributed by atoms with van der Waals surface area (Å²) in [6, 6.07) is 10.4. The lowest BCUT2D eigenvalue weighted by Crippen LogP contribution is -2.33. The van der Waals surface area contributed by atoms with Crippen LogP contribution in [0.2, 0.25) is 5.02 Å². The van der Waals surface area contributed by atoms with Gasteiger partial charge in [-0.1, -0.05) is 18.5 Å². The van der Waals surface area contributed by atoms with Crippen LogP contribution in [0.3, 0.4) is 0 Å². The minimum Gasteiger partial charge on any atom is -0.331 e. The van der Waals surface area contributed by atoms with E-state index in [1.165, 1.54) is 24.3 Å². The van der Waals surface area contributed by atoms with Gasteiger partial charge in [-0.3, -0.25) is 9.59 Å². The van der Waals surface area contributed by atoms with Crippen molar-refractivity contribution in [3.63, 3.8) is 0 Å². The highest BCUT2D eigenvalue weighted by molar-refractivity contribution is 7.89. The number of benzene rings is 2. The molecule has 0 aliphatic carbocycles. The van der Waals surface area contributed by atoms with Crippen LogP contribution < -0.4 is 10.3 Å². The SMILES string of the molecule is CCCN(Cc1nc2cc(Cl)ccc2c(=O)[nH]1)C(=O)c1ccc(S(=O)(=O)NC(C)C)cc1. The summed E-state index contributed by atoms with van der Waals surface area (Å²) in [5.41, 5.74) is 0.485. The number of fused-ring (bicyclic) bond motifs is 1. The molecule has 2 N–H and O–H groups in total. The van der Waals surface area contributed by atoms with Crippen LogP contribution in [-0.2, 0) is 16.6 Å². The molecule has 0 saturated heterocycles. The standard InChI is InChI=1S/C22H25ClN4O4S/c1-4-11-27(13-20-24-19-12-16(23)7-10-18(19)21(28)25-20)22(29)15-5-8-17(9-6-15)32(30,31)26-14(2)3/h5-10,12,14,26H,4,11,13H2,1-3H3,(H,24,25,28). The predicted octanol–water partition coefficient (Wildman–Crippen LogP) is 3.32. The lowest BCUT2D eigenvalue weighted by Gasteiger charge is -2.22.